The molecule has 1 aromatic heterocycles. The average Bonchev–Trinajstić information content (AvgIpc) is 2.74. The Bertz CT molecular complexity index is 440. The first-order chi connectivity index (χ1) is 8.11. The molecule has 0 bridgehead atoms. The van der Waals surface area contributed by atoms with Gasteiger partial charge in [-0.15, -0.1) is 0 Å². The maximum atomic E-state index is 12.1. The number of hydrogen-bond donors (Lipinski definition) is 1. The van der Waals surface area contributed by atoms with Crippen LogP contribution in [0.15, 0.2) is 10.8 Å². The second kappa shape index (κ2) is 4.57. The fraction of sp³-hybridized carbons (Fsp3) is 0.545. The van der Waals surface area contributed by atoms with E-state index in [4.69, 9.17) is 9.52 Å². The number of carboxylic acids is 1. The quantitative estimate of drug-likeness (QED) is 0.832. The molecular weight excluding hydrogens is 224 g/mol. The number of amides is 1. The third-order valence-electron chi connectivity index (χ3n) is 3.00. The van der Waals surface area contributed by atoms with Gasteiger partial charge in [0, 0.05) is 6.54 Å². The first-order valence-electron chi connectivity index (χ1n) is 5.55. The van der Waals surface area contributed by atoms with E-state index in [9.17, 15) is 9.59 Å². The zero-order valence-corrected chi connectivity index (χ0v) is 9.55. The van der Waals surface area contributed by atoms with E-state index in [1.807, 2.05) is 0 Å². The largest absolute Gasteiger partial charge is 0.480 e. The Labute approximate surface area is 98.2 Å². The number of carboxylic acid groups (broad SMARTS) is 1. The molecule has 1 saturated heterocycles. The van der Waals surface area contributed by atoms with E-state index >= 15 is 0 Å². The molecule has 1 aliphatic heterocycles. The van der Waals surface area contributed by atoms with Crippen LogP contribution in [0.2, 0.25) is 0 Å². The number of piperidine rings is 1. The predicted molar refractivity (Wildman–Crippen MR) is 57.6 cm³/mol. The number of carbonyl (C=O) groups is 2. The van der Waals surface area contributed by atoms with Crippen molar-refractivity contribution in [3.8, 4) is 0 Å². The Balaban J connectivity index is 2.23. The van der Waals surface area contributed by atoms with Crippen molar-refractivity contribution >= 4 is 11.9 Å². The number of carbonyl (C=O) groups excluding carboxylic acids is 1. The van der Waals surface area contributed by atoms with E-state index in [2.05, 4.69) is 4.98 Å². The molecule has 0 radical (unpaired) electrons. The van der Waals surface area contributed by atoms with E-state index in [-0.39, 0.29) is 11.6 Å². The van der Waals surface area contributed by atoms with Gasteiger partial charge in [0.05, 0.1) is 0 Å². The third kappa shape index (κ3) is 2.15. The molecule has 1 atom stereocenters. The van der Waals surface area contributed by atoms with Gasteiger partial charge in [-0.25, -0.2) is 9.78 Å². The summed E-state index contributed by atoms with van der Waals surface area (Å²) in [6.45, 7) is 2.10. The van der Waals surface area contributed by atoms with Gasteiger partial charge in [-0.1, -0.05) is 0 Å². The first kappa shape index (κ1) is 11.6. The first-order valence-corrected chi connectivity index (χ1v) is 5.55. The SMILES string of the molecule is Cc1ocnc1C(=O)N1CCCC[C@@H]1C(=O)O. The monoisotopic (exact) mass is 238 g/mol. The van der Waals surface area contributed by atoms with Crippen molar-refractivity contribution in [1.82, 2.24) is 9.88 Å². The van der Waals surface area contributed by atoms with Crippen molar-refractivity contribution in [2.75, 3.05) is 6.54 Å². The summed E-state index contributed by atoms with van der Waals surface area (Å²) in [7, 11) is 0. The van der Waals surface area contributed by atoms with E-state index in [0.717, 1.165) is 12.8 Å². The van der Waals surface area contributed by atoms with E-state index in [1.165, 1.54) is 11.3 Å². The molecule has 2 rings (SSSR count). The zero-order valence-electron chi connectivity index (χ0n) is 9.55. The van der Waals surface area contributed by atoms with Gasteiger partial charge in [0.25, 0.3) is 5.91 Å². The van der Waals surface area contributed by atoms with Crippen molar-refractivity contribution < 1.29 is 19.1 Å². The van der Waals surface area contributed by atoms with Crippen LogP contribution in [0, 0.1) is 6.92 Å². The summed E-state index contributed by atoms with van der Waals surface area (Å²) in [5.41, 5.74) is 0.207. The lowest BCUT2D eigenvalue weighted by molar-refractivity contribution is -0.143. The van der Waals surface area contributed by atoms with E-state index in [1.54, 1.807) is 6.92 Å². The fourth-order valence-corrected chi connectivity index (χ4v) is 2.08. The summed E-state index contributed by atoms with van der Waals surface area (Å²) in [5, 5.41) is 9.09. The molecule has 17 heavy (non-hydrogen) atoms. The average molecular weight is 238 g/mol. The van der Waals surface area contributed by atoms with Crippen LogP contribution < -0.4 is 0 Å². The highest BCUT2D eigenvalue weighted by atomic mass is 16.4. The van der Waals surface area contributed by atoms with Crippen LogP contribution in [0.25, 0.3) is 0 Å². The van der Waals surface area contributed by atoms with Gasteiger partial charge in [0.1, 0.15) is 11.8 Å². The van der Waals surface area contributed by atoms with Gasteiger partial charge in [-0.3, -0.25) is 4.79 Å². The molecule has 1 fully saturated rings. The molecular formula is C11H14N2O4. The molecule has 1 aromatic rings. The summed E-state index contributed by atoms with van der Waals surface area (Å²) < 4.78 is 4.97. The molecule has 6 nitrogen and oxygen atoms in total. The van der Waals surface area contributed by atoms with Gasteiger partial charge in [0.15, 0.2) is 12.1 Å². The van der Waals surface area contributed by atoms with Crippen LogP contribution in [0.3, 0.4) is 0 Å². The molecule has 0 aliphatic carbocycles. The van der Waals surface area contributed by atoms with Crippen LogP contribution in [-0.2, 0) is 4.79 Å². The van der Waals surface area contributed by atoms with Crippen molar-refractivity contribution in [2.24, 2.45) is 0 Å². The lowest BCUT2D eigenvalue weighted by Gasteiger charge is -2.32. The van der Waals surface area contributed by atoms with Crippen LogP contribution in [-0.4, -0.2) is 39.5 Å². The van der Waals surface area contributed by atoms with Crippen LogP contribution in [0.5, 0.6) is 0 Å². The Hall–Kier alpha value is -1.85. The summed E-state index contributed by atoms with van der Waals surface area (Å²) in [5.74, 6) is -0.896. The second-order valence-corrected chi connectivity index (χ2v) is 4.11. The van der Waals surface area contributed by atoms with Crippen molar-refractivity contribution in [1.29, 1.82) is 0 Å². The van der Waals surface area contributed by atoms with Crippen LogP contribution in [0.4, 0.5) is 0 Å². The summed E-state index contributed by atoms with van der Waals surface area (Å²) in [6, 6.07) is -0.743. The Morgan fingerprint density at radius 3 is 2.88 bits per heavy atom. The van der Waals surface area contributed by atoms with E-state index < -0.39 is 12.0 Å². The maximum absolute atomic E-state index is 12.1. The number of aliphatic carboxylic acids is 1. The molecule has 2 heterocycles. The topological polar surface area (TPSA) is 83.6 Å². The van der Waals surface area contributed by atoms with E-state index in [0.29, 0.717) is 18.7 Å². The highest BCUT2D eigenvalue weighted by molar-refractivity contribution is 5.95. The van der Waals surface area contributed by atoms with Crippen LogP contribution in [0.1, 0.15) is 35.5 Å². The van der Waals surface area contributed by atoms with Crippen molar-refractivity contribution in [3.05, 3.63) is 17.8 Å². The highest BCUT2D eigenvalue weighted by Gasteiger charge is 2.34. The number of nitrogens with zero attached hydrogens (tertiary/aromatic N) is 2. The number of aromatic nitrogens is 1. The van der Waals surface area contributed by atoms with Gasteiger partial charge >= 0.3 is 5.97 Å². The standard InChI is InChI=1S/C11H14N2O4/c1-7-9(12-6-17-7)10(14)13-5-3-2-4-8(13)11(15)16/h6,8H,2-5H2,1H3,(H,15,16)/t8-/m1/s1. The maximum Gasteiger partial charge on any atom is 0.326 e. The minimum Gasteiger partial charge on any atom is -0.480 e. The minimum absolute atomic E-state index is 0.207. The summed E-state index contributed by atoms with van der Waals surface area (Å²) >= 11 is 0. The van der Waals surface area contributed by atoms with Gasteiger partial charge in [0.2, 0.25) is 0 Å². The number of rotatable bonds is 2. The molecule has 1 N–H and O–H groups in total. The van der Waals surface area contributed by atoms with Gasteiger partial charge < -0.3 is 14.4 Å². The lowest BCUT2D eigenvalue weighted by atomic mass is 10.0. The lowest BCUT2D eigenvalue weighted by Crippen LogP contribution is -2.48. The number of hydrogen-bond acceptors (Lipinski definition) is 4. The number of oxazole rings is 1. The second-order valence-electron chi connectivity index (χ2n) is 4.11. The van der Waals surface area contributed by atoms with Gasteiger partial charge in [-0.05, 0) is 26.2 Å². The van der Waals surface area contributed by atoms with Gasteiger partial charge in [-0.2, -0.15) is 0 Å². The summed E-state index contributed by atoms with van der Waals surface area (Å²) in [4.78, 5) is 28.4. The minimum atomic E-state index is -0.959. The molecule has 1 amide bonds. The fourth-order valence-electron chi connectivity index (χ4n) is 2.08. The number of likely N-dealkylation sites (tertiary alicyclic amines) is 1. The Morgan fingerprint density at radius 1 is 1.53 bits per heavy atom. The third-order valence-corrected chi connectivity index (χ3v) is 3.00. The van der Waals surface area contributed by atoms with Crippen molar-refractivity contribution in [3.63, 3.8) is 0 Å². The molecule has 0 aromatic carbocycles. The molecule has 1 aliphatic rings. The molecule has 0 spiro atoms. The smallest absolute Gasteiger partial charge is 0.326 e. The molecule has 92 valence electrons. The van der Waals surface area contributed by atoms with Crippen molar-refractivity contribution in [2.45, 2.75) is 32.2 Å². The predicted octanol–water partition coefficient (Wildman–Crippen LogP) is 1.06. The Morgan fingerprint density at radius 2 is 2.29 bits per heavy atom. The molecule has 0 unspecified atom stereocenters. The molecule has 6 heteroatoms. The highest BCUT2D eigenvalue weighted by Crippen LogP contribution is 2.20. The number of aryl methyl sites for hydroxylation is 1. The zero-order chi connectivity index (χ0) is 12.4. The summed E-state index contributed by atoms with van der Waals surface area (Å²) in [6.07, 6.45) is 3.35. The van der Waals surface area contributed by atoms with Crippen LogP contribution >= 0.6 is 0 Å². The normalized spacial score (nSPS) is 20.3. The Kier molecular flexibility index (Phi) is 3.12. The molecule has 0 saturated carbocycles.